The van der Waals surface area contributed by atoms with Crippen molar-refractivity contribution in [1.29, 1.82) is 0 Å². The maximum atomic E-state index is 12.2. The van der Waals surface area contributed by atoms with E-state index in [-0.39, 0.29) is 5.97 Å². The molecule has 0 radical (unpaired) electrons. The van der Waals surface area contributed by atoms with Crippen molar-refractivity contribution >= 4 is 22.3 Å². The van der Waals surface area contributed by atoms with Gasteiger partial charge in [-0.15, -0.1) is 0 Å². The highest BCUT2D eigenvalue weighted by Crippen LogP contribution is 2.39. The summed E-state index contributed by atoms with van der Waals surface area (Å²) in [4.78, 5) is 19.1. The van der Waals surface area contributed by atoms with Crippen molar-refractivity contribution < 1.29 is 9.53 Å². The lowest BCUT2D eigenvalue weighted by Gasteiger charge is -2.14. The molecule has 3 aromatic rings. The molecule has 1 aromatic carbocycles. The number of ether oxygens (including phenoxy) is 1. The molecule has 2 heterocycles. The lowest BCUT2D eigenvalue weighted by atomic mass is 9.97. The smallest absolute Gasteiger partial charge is 0.311 e. The Morgan fingerprint density at radius 1 is 0.970 bits per heavy atom. The minimum Gasteiger partial charge on any atom is -0.427 e. The molecule has 0 saturated heterocycles. The molecule has 180 valence electrons. The topological polar surface area (TPSA) is 43.6 Å². The van der Waals surface area contributed by atoms with Gasteiger partial charge in [-0.25, -0.2) is 4.98 Å². The van der Waals surface area contributed by atoms with Crippen molar-refractivity contribution in [3.05, 3.63) is 42.4 Å². The number of hydrogen-bond donors (Lipinski definition) is 0. The normalized spacial score (nSPS) is 12.3. The summed E-state index contributed by atoms with van der Waals surface area (Å²) in [5.41, 5.74) is 2.50. The molecule has 3 rings (SSSR count). The molecule has 0 aliphatic heterocycles. The average Bonchev–Trinajstić information content (AvgIpc) is 3.40. The van der Waals surface area contributed by atoms with Crippen LogP contribution in [-0.4, -0.2) is 15.4 Å². The zero-order valence-corrected chi connectivity index (χ0v) is 21.5. The van der Waals surface area contributed by atoms with Crippen molar-refractivity contribution in [3.63, 3.8) is 0 Å². The van der Waals surface area contributed by atoms with E-state index in [1.54, 1.807) is 11.3 Å². The number of unbranched alkanes of at least 4 members (excludes halogenated alkanes) is 8. The summed E-state index contributed by atoms with van der Waals surface area (Å²) < 4.78 is 7.83. The number of imidazole rings is 1. The highest BCUT2D eigenvalue weighted by molar-refractivity contribution is 7.20. The second-order valence-corrected chi connectivity index (χ2v) is 10.1. The quantitative estimate of drug-likeness (QED) is 0.127. The molecule has 0 bridgehead atoms. The van der Waals surface area contributed by atoms with E-state index in [4.69, 9.17) is 4.74 Å². The van der Waals surface area contributed by atoms with Crippen LogP contribution in [0.4, 0.5) is 0 Å². The van der Waals surface area contributed by atoms with E-state index in [0.29, 0.717) is 18.1 Å². The maximum Gasteiger partial charge on any atom is 0.311 e. The zero-order chi connectivity index (χ0) is 23.5. The van der Waals surface area contributed by atoms with Gasteiger partial charge >= 0.3 is 5.97 Å². The van der Waals surface area contributed by atoms with Gasteiger partial charge in [-0.3, -0.25) is 9.20 Å². The first kappa shape index (κ1) is 25.5. The summed E-state index contributed by atoms with van der Waals surface area (Å²) in [6.45, 7) is 6.80. The van der Waals surface area contributed by atoms with Crippen LogP contribution in [0, 0.1) is 0 Å². The van der Waals surface area contributed by atoms with Crippen LogP contribution in [0.1, 0.15) is 109 Å². The largest absolute Gasteiger partial charge is 0.427 e. The molecule has 4 nitrogen and oxygen atoms in total. The molecule has 0 N–H and O–H groups in total. The summed E-state index contributed by atoms with van der Waals surface area (Å²) in [5, 5.41) is 0. The predicted molar refractivity (Wildman–Crippen MR) is 139 cm³/mol. The minimum absolute atomic E-state index is 0.129. The first-order chi connectivity index (χ1) is 16.1. The molecule has 33 heavy (non-hydrogen) atoms. The van der Waals surface area contributed by atoms with Crippen LogP contribution in [0.15, 0.2) is 36.7 Å². The van der Waals surface area contributed by atoms with Gasteiger partial charge in [-0.1, -0.05) is 89.9 Å². The van der Waals surface area contributed by atoms with Crippen molar-refractivity contribution in [1.82, 2.24) is 9.38 Å². The van der Waals surface area contributed by atoms with Gasteiger partial charge in [0.15, 0.2) is 4.96 Å². The second kappa shape index (κ2) is 13.5. The monoisotopic (exact) mass is 468 g/mol. The Morgan fingerprint density at radius 2 is 1.64 bits per heavy atom. The Hall–Kier alpha value is -2.14. The summed E-state index contributed by atoms with van der Waals surface area (Å²) >= 11 is 1.74. The van der Waals surface area contributed by atoms with Gasteiger partial charge < -0.3 is 4.74 Å². The van der Waals surface area contributed by atoms with Crippen molar-refractivity contribution in [2.24, 2.45) is 0 Å². The van der Waals surface area contributed by atoms with Crippen LogP contribution in [0.5, 0.6) is 5.75 Å². The predicted octanol–water partition coefficient (Wildman–Crippen LogP) is 8.79. The lowest BCUT2D eigenvalue weighted by Crippen LogP contribution is -2.07. The number of nitrogens with zero attached hydrogens (tertiary/aromatic N) is 2. The van der Waals surface area contributed by atoms with Crippen LogP contribution < -0.4 is 4.74 Å². The minimum atomic E-state index is -0.129. The molecular weight excluding hydrogens is 428 g/mol. The number of thiazole rings is 1. The lowest BCUT2D eigenvalue weighted by molar-refractivity contribution is -0.134. The van der Waals surface area contributed by atoms with E-state index >= 15 is 0 Å². The molecule has 0 fully saturated rings. The van der Waals surface area contributed by atoms with Crippen molar-refractivity contribution in [3.8, 4) is 16.2 Å². The number of carbonyl (C=O) groups excluding carboxylic acids is 1. The Labute approximate surface area is 203 Å². The van der Waals surface area contributed by atoms with E-state index in [0.717, 1.165) is 23.4 Å². The van der Waals surface area contributed by atoms with E-state index in [9.17, 15) is 4.79 Å². The van der Waals surface area contributed by atoms with E-state index in [1.807, 2.05) is 18.3 Å². The summed E-state index contributed by atoms with van der Waals surface area (Å²) in [7, 11) is 0. The van der Waals surface area contributed by atoms with Gasteiger partial charge in [-0.05, 0) is 48.6 Å². The number of esters is 1. The fourth-order valence-electron chi connectivity index (χ4n) is 4.39. The fourth-order valence-corrected chi connectivity index (χ4v) is 5.60. The molecule has 0 amide bonds. The van der Waals surface area contributed by atoms with Crippen LogP contribution in [0.3, 0.4) is 0 Å². The molecule has 5 heteroatoms. The van der Waals surface area contributed by atoms with Gasteiger partial charge in [0.05, 0.1) is 4.88 Å². The van der Waals surface area contributed by atoms with Gasteiger partial charge in [0, 0.05) is 24.5 Å². The Bertz CT molecular complexity index is 974. The number of benzene rings is 1. The summed E-state index contributed by atoms with van der Waals surface area (Å²) in [6, 6.07) is 7.99. The van der Waals surface area contributed by atoms with Crippen LogP contribution in [-0.2, 0) is 4.79 Å². The molecule has 2 aromatic heterocycles. The highest BCUT2D eigenvalue weighted by Gasteiger charge is 2.20. The number of rotatable bonds is 15. The van der Waals surface area contributed by atoms with Gasteiger partial charge in [0.1, 0.15) is 5.75 Å². The third-order valence-corrected chi connectivity index (χ3v) is 7.47. The number of fused-ring (bicyclic) bond motifs is 1. The first-order valence-corrected chi connectivity index (χ1v) is 13.7. The SMILES string of the molecule is CCCCCCCCCC(=O)Oc1ccc(-c2sc3nccn3c2C(C)CCCCC)cc1. The third-order valence-electron chi connectivity index (χ3n) is 6.33. The molecule has 0 saturated carbocycles. The molecule has 1 atom stereocenters. The third kappa shape index (κ3) is 7.43. The van der Waals surface area contributed by atoms with Gasteiger partial charge in [0.2, 0.25) is 0 Å². The Kier molecular flexibility index (Phi) is 10.5. The Balaban J connectivity index is 1.58. The van der Waals surface area contributed by atoms with Crippen molar-refractivity contribution in [2.75, 3.05) is 0 Å². The van der Waals surface area contributed by atoms with Crippen LogP contribution >= 0.6 is 11.3 Å². The second-order valence-electron chi connectivity index (χ2n) is 9.16. The zero-order valence-electron chi connectivity index (χ0n) is 20.6. The average molecular weight is 469 g/mol. The standard InChI is InChI=1S/C28H40N2O2S/c1-4-6-8-9-10-11-13-15-25(31)32-24-18-16-23(17-19-24)27-26(22(3)14-12-7-5-2)30-21-20-29-28(30)33-27/h16-22H,4-15H2,1-3H3. The molecular formula is C28H40N2O2S. The molecule has 0 spiro atoms. The van der Waals surface area contributed by atoms with E-state index in [1.165, 1.54) is 68.4 Å². The van der Waals surface area contributed by atoms with E-state index < -0.39 is 0 Å². The highest BCUT2D eigenvalue weighted by atomic mass is 32.1. The number of carbonyl (C=O) groups is 1. The number of aromatic nitrogens is 2. The molecule has 0 aliphatic carbocycles. The van der Waals surface area contributed by atoms with Crippen LogP contribution in [0.25, 0.3) is 15.4 Å². The van der Waals surface area contributed by atoms with Gasteiger partial charge in [-0.2, -0.15) is 0 Å². The summed E-state index contributed by atoms with van der Waals surface area (Å²) in [5.74, 6) is 0.968. The van der Waals surface area contributed by atoms with Crippen LogP contribution in [0.2, 0.25) is 0 Å². The number of hydrogen-bond acceptors (Lipinski definition) is 4. The maximum absolute atomic E-state index is 12.2. The fraction of sp³-hybridized carbons (Fsp3) is 0.571. The van der Waals surface area contributed by atoms with Gasteiger partial charge in [0.25, 0.3) is 0 Å². The van der Waals surface area contributed by atoms with Crippen molar-refractivity contribution in [2.45, 2.75) is 104 Å². The first-order valence-electron chi connectivity index (χ1n) is 12.9. The molecule has 0 aliphatic rings. The Morgan fingerprint density at radius 3 is 2.36 bits per heavy atom. The molecule has 1 unspecified atom stereocenters. The van der Waals surface area contributed by atoms with E-state index in [2.05, 4.69) is 48.5 Å². The summed E-state index contributed by atoms with van der Waals surface area (Å²) in [6.07, 6.45) is 17.8.